The molecule has 1 heterocycles. The molecule has 1 aliphatic heterocycles. The Morgan fingerprint density at radius 2 is 1.88 bits per heavy atom. The van der Waals surface area contributed by atoms with Gasteiger partial charge in [-0.2, -0.15) is 0 Å². The van der Waals surface area contributed by atoms with Gasteiger partial charge in [0.1, 0.15) is 0 Å². The second-order valence-electron chi connectivity index (χ2n) is 6.93. The molecule has 0 aromatic heterocycles. The topological polar surface area (TPSA) is 38.8 Å². The van der Waals surface area contributed by atoms with Crippen molar-refractivity contribution in [2.75, 3.05) is 38.7 Å². The van der Waals surface area contributed by atoms with E-state index in [0.717, 1.165) is 34.9 Å². The molecule has 1 fully saturated rings. The van der Waals surface area contributed by atoms with Gasteiger partial charge >= 0.3 is 0 Å². The van der Waals surface area contributed by atoms with E-state index in [1.165, 1.54) is 0 Å². The first-order chi connectivity index (χ1) is 11.9. The van der Waals surface area contributed by atoms with E-state index in [1.807, 2.05) is 52.0 Å². The third-order valence-electron chi connectivity index (χ3n) is 4.26. The standard InChI is InChI=1S/C20H29NO3S/c1-16(2)15-24-13-14-25-18-7-5-17(6-8-18)19(22)20(3,4)21-9-11-23-12-10-21/h5-8,15H,9-14H2,1-4H3. The highest BCUT2D eigenvalue weighted by Crippen LogP contribution is 2.24. The van der Waals surface area contributed by atoms with Gasteiger partial charge in [0.05, 0.1) is 31.6 Å². The van der Waals surface area contributed by atoms with Gasteiger partial charge in [0, 0.05) is 29.3 Å². The van der Waals surface area contributed by atoms with Crippen LogP contribution in [0, 0.1) is 0 Å². The highest BCUT2D eigenvalue weighted by atomic mass is 32.2. The summed E-state index contributed by atoms with van der Waals surface area (Å²) >= 11 is 1.74. The number of ether oxygens (including phenoxy) is 2. The van der Waals surface area contributed by atoms with E-state index in [1.54, 1.807) is 18.0 Å². The number of hydrogen-bond acceptors (Lipinski definition) is 5. The lowest BCUT2D eigenvalue weighted by Gasteiger charge is -2.39. The van der Waals surface area contributed by atoms with Crippen molar-refractivity contribution in [1.82, 2.24) is 4.90 Å². The molecule has 1 aromatic rings. The molecule has 0 aliphatic carbocycles. The van der Waals surface area contributed by atoms with Gasteiger partial charge in [-0.05, 0) is 45.4 Å². The molecule has 138 valence electrons. The summed E-state index contributed by atoms with van der Waals surface area (Å²) in [6, 6.07) is 7.91. The monoisotopic (exact) mass is 363 g/mol. The molecule has 1 saturated heterocycles. The first-order valence-corrected chi connectivity index (χ1v) is 9.75. The van der Waals surface area contributed by atoms with Gasteiger partial charge < -0.3 is 9.47 Å². The van der Waals surface area contributed by atoms with Crippen molar-refractivity contribution in [3.63, 3.8) is 0 Å². The zero-order chi connectivity index (χ0) is 18.3. The number of carbonyl (C=O) groups is 1. The molecule has 0 amide bonds. The molecule has 0 atom stereocenters. The Kier molecular flexibility index (Phi) is 7.54. The van der Waals surface area contributed by atoms with Crippen molar-refractivity contribution in [2.24, 2.45) is 0 Å². The summed E-state index contributed by atoms with van der Waals surface area (Å²) in [6.07, 6.45) is 1.79. The van der Waals surface area contributed by atoms with Crippen LogP contribution < -0.4 is 0 Å². The van der Waals surface area contributed by atoms with E-state index in [0.29, 0.717) is 19.8 Å². The van der Waals surface area contributed by atoms with E-state index in [-0.39, 0.29) is 5.78 Å². The molecule has 0 N–H and O–H groups in total. The number of allylic oxidation sites excluding steroid dienone is 1. The second-order valence-corrected chi connectivity index (χ2v) is 8.09. The summed E-state index contributed by atoms with van der Waals surface area (Å²) in [5.74, 6) is 1.05. The number of nitrogens with zero attached hydrogens (tertiary/aromatic N) is 1. The van der Waals surface area contributed by atoms with Crippen LogP contribution in [0.1, 0.15) is 38.1 Å². The van der Waals surface area contributed by atoms with Gasteiger partial charge in [-0.25, -0.2) is 0 Å². The largest absolute Gasteiger partial charge is 0.500 e. The molecule has 0 saturated carbocycles. The Labute approximate surface area is 155 Å². The number of morpholine rings is 1. The van der Waals surface area contributed by atoms with Gasteiger partial charge in [-0.3, -0.25) is 9.69 Å². The quantitative estimate of drug-likeness (QED) is 0.302. The maximum atomic E-state index is 12.9. The van der Waals surface area contributed by atoms with Crippen molar-refractivity contribution in [1.29, 1.82) is 0 Å². The molecule has 4 nitrogen and oxygen atoms in total. The van der Waals surface area contributed by atoms with Gasteiger partial charge in [-0.15, -0.1) is 11.8 Å². The third-order valence-corrected chi connectivity index (χ3v) is 5.24. The van der Waals surface area contributed by atoms with Crippen LogP contribution in [-0.4, -0.2) is 54.9 Å². The van der Waals surface area contributed by atoms with Crippen LogP contribution in [0.2, 0.25) is 0 Å². The minimum Gasteiger partial charge on any atom is -0.500 e. The first kappa shape index (κ1) is 20.0. The Morgan fingerprint density at radius 3 is 2.48 bits per heavy atom. The van der Waals surface area contributed by atoms with Crippen LogP contribution in [0.4, 0.5) is 0 Å². The van der Waals surface area contributed by atoms with Crippen LogP contribution in [0.25, 0.3) is 0 Å². The van der Waals surface area contributed by atoms with Gasteiger partial charge in [0.25, 0.3) is 0 Å². The molecule has 0 unspecified atom stereocenters. The zero-order valence-electron chi connectivity index (χ0n) is 15.7. The van der Waals surface area contributed by atoms with Crippen LogP contribution in [-0.2, 0) is 9.47 Å². The molecular formula is C20H29NO3S. The van der Waals surface area contributed by atoms with Gasteiger partial charge in [0.2, 0.25) is 0 Å². The third kappa shape index (κ3) is 5.87. The van der Waals surface area contributed by atoms with Gasteiger partial charge in [-0.1, -0.05) is 12.1 Å². The highest BCUT2D eigenvalue weighted by Gasteiger charge is 2.35. The van der Waals surface area contributed by atoms with E-state index < -0.39 is 5.54 Å². The molecule has 0 spiro atoms. The number of ketones is 1. The summed E-state index contributed by atoms with van der Waals surface area (Å²) in [5.41, 5.74) is 1.42. The normalized spacial score (nSPS) is 15.7. The lowest BCUT2D eigenvalue weighted by Crippen LogP contribution is -2.54. The predicted octanol–water partition coefficient (Wildman–Crippen LogP) is 4.01. The van der Waals surface area contributed by atoms with Crippen molar-refractivity contribution in [2.45, 2.75) is 38.1 Å². The Balaban J connectivity index is 1.90. The fourth-order valence-electron chi connectivity index (χ4n) is 2.75. The summed E-state index contributed by atoms with van der Waals surface area (Å²) < 4.78 is 10.8. The molecule has 0 bridgehead atoms. The number of hydrogen-bond donors (Lipinski definition) is 0. The van der Waals surface area contributed by atoms with Crippen molar-refractivity contribution >= 4 is 17.5 Å². The molecule has 0 radical (unpaired) electrons. The molecule has 5 heteroatoms. The lowest BCUT2D eigenvalue weighted by molar-refractivity contribution is -0.00430. The van der Waals surface area contributed by atoms with Crippen LogP contribution >= 0.6 is 11.8 Å². The minimum absolute atomic E-state index is 0.165. The van der Waals surface area contributed by atoms with Crippen molar-refractivity contribution in [3.8, 4) is 0 Å². The van der Waals surface area contributed by atoms with E-state index >= 15 is 0 Å². The number of Topliss-reactive ketones (excluding diaryl/α,β-unsaturated/α-hetero) is 1. The molecule has 2 rings (SSSR count). The summed E-state index contributed by atoms with van der Waals surface area (Å²) in [7, 11) is 0. The lowest BCUT2D eigenvalue weighted by atomic mass is 9.91. The highest BCUT2D eigenvalue weighted by molar-refractivity contribution is 7.99. The Morgan fingerprint density at radius 1 is 1.24 bits per heavy atom. The molecule has 25 heavy (non-hydrogen) atoms. The Hall–Kier alpha value is -1.30. The average Bonchev–Trinajstić information content (AvgIpc) is 2.62. The predicted molar refractivity (Wildman–Crippen MR) is 103 cm³/mol. The second kappa shape index (κ2) is 9.41. The van der Waals surface area contributed by atoms with E-state index in [4.69, 9.17) is 9.47 Å². The van der Waals surface area contributed by atoms with E-state index in [2.05, 4.69) is 4.90 Å². The summed E-state index contributed by atoms with van der Waals surface area (Å²) in [4.78, 5) is 16.3. The number of thioether (sulfide) groups is 1. The van der Waals surface area contributed by atoms with Crippen LogP contribution in [0.3, 0.4) is 0 Å². The van der Waals surface area contributed by atoms with Gasteiger partial charge in [0.15, 0.2) is 5.78 Å². The van der Waals surface area contributed by atoms with Crippen molar-refractivity contribution < 1.29 is 14.3 Å². The van der Waals surface area contributed by atoms with E-state index in [9.17, 15) is 4.79 Å². The molecule has 1 aliphatic rings. The minimum atomic E-state index is -0.503. The van der Waals surface area contributed by atoms with Crippen molar-refractivity contribution in [3.05, 3.63) is 41.7 Å². The fraction of sp³-hybridized carbons (Fsp3) is 0.550. The maximum absolute atomic E-state index is 12.9. The zero-order valence-corrected chi connectivity index (χ0v) is 16.5. The summed E-state index contributed by atoms with van der Waals surface area (Å²) in [5, 5.41) is 0. The number of benzene rings is 1. The SMILES string of the molecule is CC(C)=COCCSc1ccc(C(=O)C(C)(C)N2CCOCC2)cc1. The molecular weight excluding hydrogens is 334 g/mol. The fourth-order valence-corrected chi connectivity index (χ4v) is 3.50. The Bertz CT molecular complexity index is 585. The average molecular weight is 364 g/mol. The smallest absolute Gasteiger partial charge is 0.182 e. The van der Waals surface area contributed by atoms with Crippen LogP contribution in [0.5, 0.6) is 0 Å². The van der Waals surface area contributed by atoms with Crippen LogP contribution in [0.15, 0.2) is 41.0 Å². The number of carbonyl (C=O) groups excluding carboxylic acids is 1. The number of rotatable bonds is 8. The first-order valence-electron chi connectivity index (χ1n) is 8.76. The maximum Gasteiger partial charge on any atom is 0.182 e. The molecule has 1 aromatic carbocycles. The summed E-state index contributed by atoms with van der Waals surface area (Å²) in [6.45, 7) is 11.7.